The fourth-order valence-corrected chi connectivity index (χ4v) is 3.20. The van der Waals surface area contributed by atoms with E-state index in [1.54, 1.807) is 0 Å². The molecular weight excluding hydrogens is 258 g/mol. The molecule has 2 heterocycles. The molecule has 4 aromatic rings. The number of hydrogen-bond acceptors (Lipinski definition) is 2. The van der Waals surface area contributed by atoms with Crippen molar-refractivity contribution in [1.29, 1.82) is 5.26 Å². The molecule has 0 aliphatic heterocycles. The first-order valence-electron chi connectivity index (χ1n) is 6.90. The summed E-state index contributed by atoms with van der Waals surface area (Å²) in [4.78, 5) is 0. The summed E-state index contributed by atoms with van der Waals surface area (Å²) in [5, 5.41) is 17.2. The Kier molecular flexibility index (Phi) is 2.31. The predicted octanol–water partition coefficient (Wildman–Crippen LogP) is 4.13. The molecule has 0 spiro atoms. The van der Waals surface area contributed by atoms with E-state index in [1.807, 2.05) is 28.8 Å². The lowest BCUT2D eigenvalue weighted by Gasteiger charge is -2.11. The number of rotatable bonds is 0. The van der Waals surface area contributed by atoms with Gasteiger partial charge in [0, 0.05) is 16.8 Å². The minimum Gasteiger partial charge on any atom is -0.231 e. The SMILES string of the molecule is Cc1cc(C)c2c(c1)c1ccccc1n1nc(C#N)cc21. The highest BCUT2D eigenvalue weighted by atomic mass is 15.2. The Morgan fingerprint density at radius 2 is 1.81 bits per heavy atom. The van der Waals surface area contributed by atoms with Crippen molar-refractivity contribution < 1.29 is 0 Å². The van der Waals surface area contributed by atoms with Gasteiger partial charge in [0.2, 0.25) is 0 Å². The Bertz CT molecular complexity index is 1060. The normalized spacial score (nSPS) is 11.3. The fourth-order valence-electron chi connectivity index (χ4n) is 3.20. The quantitative estimate of drug-likeness (QED) is 0.451. The minimum absolute atomic E-state index is 0.452. The van der Waals surface area contributed by atoms with Crippen LogP contribution in [0.5, 0.6) is 0 Å². The van der Waals surface area contributed by atoms with Crippen LogP contribution in [0.15, 0.2) is 42.5 Å². The predicted molar refractivity (Wildman–Crippen MR) is 84.4 cm³/mol. The molecule has 0 saturated heterocycles. The van der Waals surface area contributed by atoms with Gasteiger partial charge in [0.25, 0.3) is 0 Å². The van der Waals surface area contributed by atoms with Crippen LogP contribution in [0.2, 0.25) is 0 Å². The molecule has 2 aromatic carbocycles. The van der Waals surface area contributed by atoms with Crippen molar-refractivity contribution in [3.8, 4) is 6.07 Å². The Labute approximate surface area is 122 Å². The van der Waals surface area contributed by atoms with Crippen LogP contribution in [0.3, 0.4) is 0 Å². The fraction of sp³-hybridized carbons (Fsp3) is 0.111. The second kappa shape index (κ2) is 4.07. The largest absolute Gasteiger partial charge is 0.231 e. The van der Waals surface area contributed by atoms with Crippen molar-refractivity contribution in [3.05, 3.63) is 59.3 Å². The maximum atomic E-state index is 9.17. The standard InChI is InChI=1S/C18H13N3/c1-11-7-12(2)18-15(8-11)14-5-3-4-6-16(14)21-17(18)9-13(10-19)20-21/h3-9H,1-2H3. The minimum atomic E-state index is 0.452. The van der Waals surface area contributed by atoms with E-state index in [2.05, 4.69) is 43.2 Å². The Balaban J connectivity index is 2.42. The number of aryl methyl sites for hydroxylation is 2. The molecular formula is C18H13N3. The summed E-state index contributed by atoms with van der Waals surface area (Å²) in [6, 6.07) is 16.6. The maximum absolute atomic E-state index is 9.17. The molecule has 100 valence electrons. The van der Waals surface area contributed by atoms with Gasteiger partial charge in [0.05, 0.1) is 11.0 Å². The van der Waals surface area contributed by atoms with Gasteiger partial charge in [-0.2, -0.15) is 10.4 Å². The van der Waals surface area contributed by atoms with Gasteiger partial charge in [-0.1, -0.05) is 35.9 Å². The summed E-state index contributed by atoms with van der Waals surface area (Å²) in [7, 11) is 0. The first kappa shape index (κ1) is 11.9. The molecule has 0 aliphatic carbocycles. The molecule has 3 nitrogen and oxygen atoms in total. The van der Waals surface area contributed by atoms with Gasteiger partial charge in [-0.25, -0.2) is 4.52 Å². The summed E-state index contributed by atoms with van der Waals surface area (Å²) in [6.07, 6.45) is 0. The molecule has 0 radical (unpaired) electrons. The smallest absolute Gasteiger partial charge is 0.163 e. The number of para-hydroxylation sites is 1. The lowest BCUT2D eigenvalue weighted by Crippen LogP contribution is -1.94. The molecule has 3 heteroatoms. The van der Waals surface area contributed by atoms with Gasteiger partial charge in [-0.05, 0) is 30.9 Å². The van der Waals surface area contributed by atoms with Crippen LogP contribution in [0.1, 0.15) is 16.8 Å². The van der Waals surface area contributed by atoms with Crippen LogP contribution in [-0.2, 0) is 0 Å². The van der Waals surface area contributed by atoms with E-state index in [1.165, 1.54) is 27.3 Å². The zero-order valence-corrected chi connectivity index (χ0v) is 11.9. The van der Waals surface area contributed by atoms with Gasteiger partial charge < -0.3 is 0 Å². The molecule has 0 saturated carbocycles. The van der Waals surface area contributed by atoms with Crippen LogP contribution >= 0.6 is 0 Å². The summed E-state index contributed by atoms with van der Waals surface area (Å²) in [5.41, 5.74) is 4.94. The van der Waals surface area contributed by atoms with Crippen LogP contribution in [0, 0.1) is 25.2 Å². The third kappa shape index (κ3) is 1.56. The third-order valence-corrected chi connectivity index (χ3v) is 3.98. The van der Waals surface area contributed by atoms with Crippen LogP contribution < -0.4 is 0 Å². The molecule has 0 bridgehead atoms. The Morgan fingerprint density at radius 3 is 2.62 bits per heavy atom. The monoisotopic (exact) mass is 271 g/mol. The molecule has 0 atom stereocenters. The number of hydrogen-bond donors (Lipinski definition) is 0. The van der Waals surface area contributed by atoms with E-state index in [0.29, 0.717) is 5.69 Å². The molecule has 21 heavy (non-hydrogen) atoms. The Hall–Kier alpha value is -2.86. The molecule has 0 unspecified atom stereocenters. The first-order valence-corrected chi connectivity index (χ1v) is 6.90. The second-order valence-corrected chi connectivity index (χ2v) is 5.46. The van der Waals surface area contributed by atoms with E-state index in [0.717, 1.165) is 11.0 Å². The van der Waals surface area contributed by atoms with Gasteiger partial charge in [-0.3, -0.25) is 0 Å². The summed E-state index contributed by atoms with van der Waals surface area (Å²) in [5.74, 6) is 0. The van der Waals surface area contributed by atoms with Crippen molar-refractivity contribution >= 4 is 27.2 Å². The zero-order chi connectivity index (χ0) is 14.6. The number of nitrogens with zero attached hydrogens (tertiary/aromatic N) is 3. The van der Waals surface area contributed by atoms with E-state index >= 15 is 0 Å². The van der Waals surface area contributed by atoms with Crippen molar-refractivity contribution in [2.75, 3.05) is 0 Å². The summed E-state index contributed by atoms with van der Waals surface area (Å²) >= 11 is 0. The number of pyridine rings is 1. The Morgan fingerprint density at radius 1 is 1.00 bits per heavy atom. The van der Waals surface area contributed by atoms with E-state index < -0.39 is 0 Å². The van der Waals surface area contributed by atoms with Crippen LogP contribution in [0.25, 0.3) is 27.2 Å². The highest BCUT2D eigenvalue weighted by molar-refractivity contribution is 6.13. The maximum Gasteiger partial charge on any atom is 0.163 e. The molecule has 2 aromatic heterocycles. The van der Waals surface area contributed by atoms with Crippen LogP contribution in [-0.4, -0.2) is 9.61 Å². The first-order chi connectivity index (χ1) is 10.2. The number of fused-ring (bicyclic) bond motifs is 6. The topological polar surface area (TPSA) is 41.1 Å². The average molecular weight is 271 g/mol. The lowest BCUT2D eigenvalue weighted by molar-refractivity contribution is 0.994. The van der Waals surface area contributed by atoms with E-state index in [9.17, 15) is 5.26 Å². The van der Waals surface area contributed by atoms with Crippen molar-refractivity contribution in [3.63, 3.8) is 0 Å². The van der Waals surface area contributed by atoms with Gasteiger partial charge in [-0.15, -0.1) is 0 Å². The van der Waals surface area contributed by atoms with Gasteiger partial charge >= 0.3 is 0 Å². The molecule has 0 N–H and O–H groups in total. The molecule has 0 fully saturated rings. The molecule has 0 amide bonds. The third-order valence-electron chi connectivity index (χ3n) is 3.98. The highest BCUT2D eigenvalue weighted by Gasteiger charge is 2.13. The van der Waals surface area contributed by atoms with Crippen molar-refractivity contribution in [2.45, 2.75) is 13.8 Å². The van der Waals surface area contributed by atoms with E-state index in [-0.39, 0.29) is 0 Å². The van der Waals surface area contributed by atoms with Crippen LogP contribution in [0.4, 0.5) is 0 Å². The average Bonchev–Trinajstić information content (AvgIpc) is 2.91. The van der Waals surface area contributed by atoms with Crippen molar-refractivity contribution in [1.82, 2.24) is 9.61 Å². The second-order valence-electron chi connectivity index (χ2n) is 5.46. The lowest BCUT2D eigenvalue weighted by atomic mass is 9.98. The van der Waals surface area contributed by atoms with Gasteiger partial charge in [0.1, 0.15) is 6.07 Å². The number of nitriles is 1. The summed E-state index contributed by atoms with van der Waals surface area (Å²) in [6.45, 7) is 4.23. The number of aromatic nitrogens is 2. The van der Waals surface area contributed by atoms with Crippen molar-refractivity contribution in [2.24, 2.45) is 0 Å². The van der Waals surface area contributed by atoms with E-state index in [4.69, 9.17) is 0 Å². The molecule has 0 aliphatic rings. The summed E-state index contributed by atoms with van der Waals surface area (Å²) < 4.78 is 1.89. The molecule has 4 rings (SSSR count). The number of benzene rings is 2. The zero-order valence-electron chi connectivity index (χ0n) is 11.9. The highest BCUT2D eigenvalue weighted by Crippen LogP contribution is 2.32. The van der Waals surface area contributed by atoms with Gasteiger partial charge in [0.15, 0.2) is 5.69 Å².